The summed E-state index contributed by atoms with van der Waals surface area (Å²) in [6.45, 7) is 2.07. The molecule has 0 radical (unpaired) electrons. The van der Waals surface area contributed by atoms with E-state index in [-0.39, 0.29) is 11.9 Å². The Morgan fingerprint density at radius 1 is 1.35 bits per heavy atom. The molecule has 20 heavy (non-hydrogen) atoms. The van der Waals surface area contributed by atoms with Crippen molar-refractivity contribution in [3.05, 3.63) is 27.6 Å². The Labute approximate surface area is 128 Å². The molecule has 1 aliphatic carbocycles. The second kappa shape index (κ2) is 5.66. The highest BCUT2D eigenvalue weighted by molar-refractivity contribution is 7.80. The SMILES string of the molecule is Cc1ccc(C=C2NC(=S)N(C3CCCCC3)C2=O)s1. The van der Waals surface area contributed by atoms with Crippen LogP contribution in [0.15, 0.2) is 17.8 Å². The first kappa shape index (κ1) is 13.8. The fourth-order valence-corrected chi connectivity index (χ4v) is 4.06. The van der Waals surface area contributed by atoms with Crippen molar-refractivity contribution >= 4 is 40.7 Å². The van der Waals surface area contributed by atoms with E-state index in [9.17, 15) is 4.79 Å². The fraction of sp³-hybridized carbons (Fsp3) is 0.467. The summed E-state index contributed by atoms with van der Waals surface area (Å²) in [5.41, 5.74) is 0.613. The van der Waals surface area contributed by atoms with E-state index in [0.29, 0.717) is 10.8 Å². The number of aryl methyl sites for hydroxylation is 1. The minimum Gasteiger partial charge on any atom is -0.328 e. The number of thiocarbonyl (C=S) groups is 1. The molecule has 3 rings (SSSR count). The smallest absolute Gasteiger partial charge is 0.276 e. The first-order valence-corrected chi connectivity index (χ1v) is 8.30. The zero-order valence-corrected chi connectivity index (χ0v) is 13.1. The van der Waals surface area contributed by atoms with Gasteiger partial charge in [-0.2, -0.15) is 0 Å². The second-order valence-corrected chi connectivity index (χ2v) is 7.11. The summed E-state index contributed by atoms with van der Waals surface area (Å²) in [5.74, 6) is 0.0351. The molecule has 0 unspecified atom stereocenters. The van der Waals surface area contributed by atoms with Crippen LogP contribution < -0.4 is 5.32 Å². The van der Waals surface area contributed by atoms with E-state index in [0.717, 1.165) is 17.7 Å². The van der Waals surface area contributed by atoms with Crippen LogP contribution in [0.3, 0.4) is 0 Å². The van der Waals surface area contributed by atoms with Gasteiger partial charge in [-0.15, -0.1) is 11.3 Å². The number of nitrogens with zero attached hydrogens (tertiary/aromatic N) is 1. The van der Waals surface area contributed by atoms with Crippen LogP contribution in [0, 0.1) is 6.92 Å². The van der Waals surface area contributed by atoms with Crippen molar-refractivity contribution in [1.82, 2.24) is 10.2 Å². The molecule has 1 saturated carbocycles. The van der Waals surface area contributed by atoms with E-state index in [1.54, 1.807) is 16.2 Å². The predicted octanol–water partition coefficient (Wildman–Crippen LogP) is 3.45. The van der Waals surface area contributed by atoms with Crippen molar-refractivity contribution in [1.29, 1.82) is 0 Å². The van der Waals surface area contributed by atoms with Crippen LogP contribution >= 0.6 is 23.6 Å². The minimum atomic E-state index is 0.0351. The van der Waals surface area contributed by atoms with Crippen molar-refractivity contribution in [3.8, 4) is 0 Å². The van der Waals surface area contributed by atoms with Crippen molar-refractivity contribution < 1.29 is 4.79 Å². The number of thiophene rings is 1. The summed E-state index contributed by atoms with van der Waals surface area (Å²) < 4.78 is 0. The Balaban J connectivity index is 1.81. The van der Waals surface area contributed by atoms with E-state index >= 15 is 0 Å². The topological polar surface area (TPSA) is 32.3 Å². The zero-order chi connectivity index (χ0) is 14.1. The summed E-state index contributed by atoms with van der Waals surface area (Å²) in [6.07, 6.45) is 7.71. The maximum Gasteiger partial charge on any atom is 0.276 e. The molecule has 0 aromatic carbocycles. The first-order chi connectivity index (χ1) is 9.65. The van der Waals surface area contributed by atoms with Crippen LogP contribution in [0.1, 0.15) is 41.9 Å². The van der Waals surface area contributed by atoms with E-state index in [1.807, 2.05) is 12.1 Å². The number of amides is 1. The highest BCUT2D eigenvalue weighted by Crippen LogP contribution is 2.27. The zero-order valence-electron chi connectivity index (χ0n) is 11.5. The van der Waals surface area contributed by atoms with Gasteiger partial charge < -0.3 is 5.32 Å². The largest absolute Gasteiger partial charge is 0.328 e. The van der Waals surface area contributed by atoms with Gasteiger partial charge in [0.25, 0.3) is 5.91 Å². The van der Waals surface area contributed by atoms with Gasteiger partial charge >= 0.3 is 0 Å². The molecule has 0 bridgehead atoms. The van der Waals surface area contributed by atoms with E-state index in [4.69, 9.17) is 12.2 Å². The molecular weight excluding hydrogens is 288 g/mol. The lowest BCUT2D eigenvalue weighted by atomic mass is 9.94. The lowest BCUT2D eigenvalue weighted by Crippen LogP contribution is -2.41. The first-order valence-electron chi connectivity index (χ1n) is 7.08. The summed E-state index contributed by atoms with van der Waals surface area (Å²) in [4.78, 5) is 16.7. The highest BCUT2D eigenvalue weighted by Gasteiger charge is 2.36. The molecule has 2 heterocycles. The Morgan fingerprint density at radius 2 is 2.10 bits per heavy atom. The van der Waals surface area contributed by atoms with Gasteiger partial charge in [0.1, 0.15) is 5.70 Å². The highest BCUT2D eigenvalue weighted by atomic mass is 32.1. The number of rotatable bonds is 2. The Hall–Kier alpha value is -1.20. The number of carbonyl (C=O) groups excluding carboxylic acids is 1. The molecule has 106 valence electrons. The molecule has 2 fully saturated rings. The number of carbonyl (C=O) groups is 1. The van der Waals surface area contributed by atoms with Gasteiger partial charge in [-0.1, -0.05) is 19.3 Å². The normalized spacial score (nSPS) is 22.6. The summed E-state index contributed by atoms with van der Waals surface area (Å²) >= 11 is 7.04. The quantitative estimate of drug-likeness (QED) is 0.671. The molecule has 1 saturated heterocycles. The maximum absolute atomic E-state index is 12.5. The monoisotopic (exact) mass is 306 g/mol. The van der Waals surface area contributed by atoms with Gasteiger partial charge in [0, 0.05) is 15.8 Å². The average molecular weight is 306 g/mol. The molecular formula is C15H18N2OS2. The third-order valence-electron chi connectivity index (χ3n) is 3.90. The van der Waals surface area contributed by atoms with E-state index < -0.39 is 0 Å². The Bertz CT molecular complexity index is 570. The Kier molecular flexibility index (Phi) is 3.89. The second-order valence-electron chi connectivity index (χ2n) is 5.40. The Morgan fingerprint density at radius 3 is 2.75 bits per heavy atom. The molecule has 0 spiro atoms. The van der Waals surface area contributed by atoms with Crippen molar-refractivity contribution in [2.24, 2.45) is 0 Å². The van der Waals surface area contributed by atoms with Gasteiger partial charge in [-0.05, 0) is 50.2 Å². The number of nitrogens with one attached hydrogen (secondary N) is 1. The molecule has 1 amide bonds. The van der Waals surface area contributed by atoms with Crippen LogP contribution in [-0.4, -0.2) is 22.0 Å². The lowest BCUT2D eigenvalue weighted by molar-refractivity contribution is -0.124. The van der Waals surface area contributed by atoms with E-state index in [1.165, 1.54) is 24.1 Å². The summed E-state index contributed by atoms with van der Waals surface area (Å²) in [5, 5.41) is 3.66. The van der Waals surface area contributed by atoms with Crippen LogP contribution in [0.5, 0.6) is 0 Å². The molecule has 1 aromatic rings. The van der Waals surface area contributed by atoms with Crippen LogP contribution in [-0.2, 0) is 4.79 Å². The lowest BCUT2D eigenvalue weighted by Gasteiger charge is -2.29. The van der Waals surface area contributed by atoms with Gasteiger partial charge in [0.2, 0.25) is 0 Å². The fourth-order valence-electron chi connectivity index (χ4n) is 2.89. The van der Waals surface area contributed by atoms with Gasteiger partial charge in [0.05, 0.1) is 0 Å². The number of hydrogen-bond acceptors (Lipinski definition) is 3. The molecule has 5 heteroatoms. The van der Waals surface area contributed by atoms with Crippen molar-refractivity contribution in [3.63, 3.8) is 0 Å². The standard InChI is InChI=1S/C15H18N2OS2/c1-10-7-8-12(20-10)9-13-14(18)17(15(19)16-13)11-5-3-2-4-6-11/h7-9,11H,2-6H2,1H3,(H,16,19). The molecule has 1 aliphatic heterocycles. The molecule has 0 atom stereocenters. The van der Waals surface area contributed by atoms with Gasteiger partial charge in [0.15, 0.2) is 5.11 Å². The molecule has 1 aromatic heterocycles. The number of hydrogen-bond donors (Lipinski definition) is 1. The van der Waals surface area contributed by atoms with Gasteiger partial charge in [-0.25, -0.2) is 0 Å². The third-order valence-corrected chi connectivity index (χ3v) is 5.14. The average Bonchev–Trinajstić information content (AvgIpc) is 2.96. The van der Waals surface area contributed by atoms with Gasteiger partial charge in [-0.3, -0.25) is 9.69 Å². The summed E-state index contributed by atoms with van der Waals surface area (Å²) in [6, 6.07) is 4.38. The molecule has 1 N–H and O–H groups in total. The van der Waals surface area contributed by atoms with Crippen LogP contribution in [0.2, 0.25) is 0 Å². The van der Waals surface area contributed by atoms with Crippen LogP contribution in [0.4, 0.5) is 0 Å². The molecule has 3 nitrogen and oxygen atoms in total. The minimum absolute atomic E-state index is 0.0351. The third kappa shape index (κ3) is 2.65. The predicted molar refractivity (Wildman–Crippen MR) is 86.5 cm³/mol. The van der Waals surface area contributed by atoms with Crippen LogP contribution in [0.25, 0.3) is 6.08 Å². The molecule has 2 aliphatic rings. The van der Waals surface area contributed by atoms with E-state index in [2.05, 4.69) is 18.3 Å². The maximum atomic E-state index is 12.5. The summed E-state index contributed by atoms with van der Waals surface area (Å²) in [7, 11) is 0. The van der Waals surface area contributed by atoms with Crippen molar-refractivity contribution in [2.45, 2.75) is 45.1 Å². The van der Waals surface area contributed by atoms with Crippen molar-refractivity contribution in [2.75, 3.05) is 0 Å².